The molecular formula is C17H33NO3Si. The van der Waals surface area contributed by atoms with E-state index in [1.165, 1.54) is 0 Å². The SMILES string of the molecule is C=C[C@H]1CN(C(=O)OC(C)(C)C)C[C@@H]1O[Si](C)(C)C(C)(C)C. The molecule has 1 saturated heterocycles. The van der Waals surface area contributed by atoms with Crippen LogP contribution in [0.5, 0.6) is 0 Å². The Kier molecular flexibility index (Phi) is 5.56. The Balaban J connectivity index is 2.78. The predicted octanol–water partition coefficient (Wildman–Crippen LogP) is 4.43. The van der Waals surface area contributed by atoms with Gasteiger partial charge in [-0.2, -0.15) is 0 Å². The molecule has 1 aliphatic rings. The van der Waals surface area contributed by atoms with E-state index in [9.17, 15) is 4.79 Å². The Bertz CT molecular complexity index is 421. The molecule has 1 aliphatic heterocycles. The minimum atomic E-state index is -1.87. The van der Waals surface area contributed by atoms with Crippen molar-refractivity contribution in [2.45, 2.75) is 71.4 Å². The fourth-order valence-electron chi connectivity index (χ4n) is 2.18. The van der Waals surface area contributed by atoms with Crippen LogP contribution in [0.25, 0.3) is 0 Å². The van der Waals surface area contributed by atoms with E-state index in [0.717, 1.165) is 0 Å². The highest BCUT2D eigenvalue weighted by Gasteiger charge is 2.44. The smallest absolute Gasteiger partial charge is 0.410 e. The van der Waals surface area contributed by atoms with Gasteiger partial charge < -0.3 is 14.1 Å². The van der Waals surface area contributed by atoms with Crippen molar-refractivity contribution in [2.24, 2.45) is 5.92 Å². The van der Waals surface area contributed by atoms with Gasteiger partial charge in [-0.25, -0.2) is 4.79 Å². The molecular weight excluding hydrogens is 294 g/mol. The molecule has 22 heavy (non-hydrogen) atoms. The van der Waals surface area contributed by atoms with Crippen molar-refractivity contribution in [2.75, 3.05) is 13.1 Å². The maximum atomic E-state index is 12.3. The molecule has 1 rings (SSSR count). The molecule has 2 atom stereocenters. The number of amides is 1. The lowest BCUT2D eigenvalue weighted by Gasteiger charge is -2.39. The first kappa shape index (κ1) is 19.2. The molecule has 0 N–H and O–H groups in total. The maximum Gasteiger partial charge on any atom is 0.410 e. The molecule has 0 saturated carbocycles. The van der Waals surface area contributed by atoms with Crippen molar-refractivity contribution in [3.05, 3.63) is 12.7 Å². The molecule has 0 bridgehead atoms. The molecule has 4 nitrogen and oxygen atoms in total. The number of hydrogen-bond donors (Lipinski definition) is 0. The van der Waals surface area contributed by atoms with E-state index in [4.69, 9.17) is 9.16 Å². The molecule has 5 heteroatoms. The van der Waals surface area contributed by atoms with Gasteiger partial charge in [0.1, 0.15) is 5.60 Å². The van der Waals surface area contributed by atoms with Crippen LogP contribution in [-0.4, -0.2) is 44.1 Å². The topological polar surface area (TPSA) is 38.8 Å². The number of likely N-dealkylation sites (tertiary alicyclic amines) is 1. The molecule has 0 spiro atoms. The fraction of sp³-hybridized carbons (Fsp3) is 0.824. The van der Waals surface area contributed by atoms with E-state index in [-0.39, 0.29) is 23.2 Å². The van der Waals surface area contributed by atoms with Crippen molar-refractivity contribution in [1.29, 1.82) is 0 Å². The van der Waals surface area contributed by atoms with Gasteiger partial charge >= 0.3 is 6.09 Å². The van der Waals surface area contributed by atoms with E-state index in [2.05, 4.69) is 40.4 Å². The first-order valence-electron chi connectivity index (χ1n) is 8.05. The molecule has 1 amide bonds. The van der Waals surface area contributed by atoms with Gasteiger partial charge in [-0.05, 0) is 38.9 Å². The van der Waals surface area contributed by atoms with Gasteiger partial charge in [-0.3, -0.25) is 0 Å². The second-order valence-electron chi connectivity index (χ2n) is 8.70. The second kappa shape index (κ2) is 6.36. The van der Waals surface area contributed by atoms with E-state index < -0.39 is 13.9 Å². The van der Waals surface area contributed by atoms with Crippen LogP contribution in [0.15, 0.2) is 12.7 Å². The normalized spacial score (nSPS) is 23.5. The third-order valence-electron chi connectivity index (χ3n) is 4.52. The van der Waals surface area contributed by atoms with E-state index >= 15 is 0 Å². The lowest BCUT2D eigenvalue weighted by Crippen LogP contribution is -2.46. The van der Waals surface area contributed by atoms with Gasteiger partial charge in [0.15, 0.2) is 8.32 Å². The van der Waals surface area contributed by atoms with Crippen molar-refractivity contribution < 1.29 is 14.0 Å². The number of ether oxygens (including phenoxy) is 1. The van der Waals surface area contributed by atoms with Crippen LogP contribution in [0.2, 0.25) is 18.1 Å². The Hall–Kier alpha value is -0.813. The van der Waals surface area contributed by atoms with Gasteiger partial charge in [-0.15, -0.1) is 6.58 Å². The monoisotopic (exact) mass is 327 g/mol. The standard InChI is InChI=1S/C17H33NO3Si/c1-10-13-11-18(15(19)20-16(2,3)4)12-14(13)21-22(8,9)17(5,6)7/h10,13-14H,1,11-12H2,2-9H3/t13-,14-/m0/s1. The van der Waals surface area contributed by atoms with Crippen LogP contribution < -0.4 is 0 Å². The quantitative estimate of drug-likeness (QED) is 0.568. The minimum absolute atomic E-state index is 0.0194. The first-order valence-corrected chi connectivity index (χ1v) is 11.0. The van der Waals surface area contributed by atoms with Crippen molar-refractivity contribution in [3.8, 4) is 0 Å². The summed E-state index contributed by atoms with van der Waals surface area (Å²) in [6.07, 6.45) is 1.66. The van der Waals surface area contributed by atoms with Crippen LogP contribution in [0, 0.1) is 5.92 Å². The van der Waals surface area contributed by atoms with Crippen LogP contribution in [-0.2, 0) is 9.16 Å². The summed E-state index contributed by atoms with van der Waals surface area (Å²) >= 11 is 0. The van der Waals surface area contributed by atoms with E-state index in [0.29, 0.717) is 13.1 Å². The van der Waals surface area contributed by atoms with Crippen molar-refractivity contribution >= 4 is 14.4 Å². The maximum absolute atomic E-state index is 12.3. The second-order valence-corrected chi connectivity index (χ2v) is 13.5. The van der Waals surface area contributed by atoms with Crippen LogP contribution in [0.3, 0.4) is 0 Å². The molecule has 0 unspecified atom stereocenters. The van der Waals surface area contributed by atoms with Gasteiger partial charge in [0, 0.05) is 19.0 Å². The zero-order valence-electron chi connectivity index (χ0n) is 15.5. The zero-order chi connectivity index (χ0) is 17.3. The summed E-state index contributed by atoms with van der Waals surface area (Å²) in [7, 11) is -1.87. The summed E-state index contributed by atoms with van der Waals surface area (Å²) in [5.41, 5.74) is -0.473. The van der Waals surface area contributed by atoms with Crippen LogP contribution in [0.1, 0.15) is 41.5 Å². The van der Waals surface area contributed by atoms with Crippen LogP contribution in [0.4, 0.5) is 4.79 Å². The highest BCUT2D eigenvalue weighted by Crippen LogP contribution is 2.39. The highest BCUT2D eigenvalue weighted by atomic mass is 28.4. The molecule has 1 fully saturated rings. The van der Waals surface area contributed by atoms with Gasteiger partial charge in [-0.1, -0.05) is 26.8 Å². The lowest BCUT2D eigenvalue weighted by atomic mass is 10.1. The fourth-order valence-corrected chi connectivity index (χ4v) is 3.54. The van der Waals surface area contributed by atoms with Crippen molar-refractivity contribution in [1.82, 2.24) is 4.90 Å². The number of carbonyl (C=O) groups is 1. The Morgan fingerprint density at radius 1 is 1.18 bits per heavy atom. The average molecular weight is 328 g/mol. The van der Waals surface area contributed by atoms with Gasteiger partial charge in [0.25, 0.3) is 0 Å². The zero-order valence-corrected chi connectivity index (χ0v) is 16.5. The molecule has 1 heterocycles. The van der Waals surface area contributed by atoms with E-state index in [1.807, 2.05) is 26.8 Å². The predicted molar refractivity (Wildman–Crippen MR) is 93.6 cm³/mol. The molecule has 0 aromatic rings. The summed E-state index contributed by atoms with van der Waals surface area (Å²) in [6.45, 7) is 21.9. The minimum Gasteiger partial charge on any atom is -0.444 e. The van der Waals surface area contributed by atoms with Gasteiger partial charge in [0.05, 0.1) is 6.10 Å². The van der Waals surface area contributed by atoms with Crippen molar-refractivity contribution in [3.63, 3.8) is 0 Å². The molecule has 0 radical (unpaired) electrons. The Morgan fingerprint density at radius 2 is 1.73 bits per heavy atom. The molecule has 0 aromatic carbocycles. The highest BCUT2D eigenvalue weighted by molar-refractivity contribution is 6.74. The lowest BCUT2D eigenvalue weighted by molar-refractivity contribution is 0.0272. The summed E-state index contributed by atoms with van der Waals surface area (Å²) in [4.78, 5) is 14.0. The number of carbonyl (C=O) groups excluding carboxylic acids is 1. The summed E-state index contributed by atoms with van der Waals surface area (Å²) in [5, 5.41) is 0.151. The average Bonchev–Trinajstić information content (AvgIpc) is 2.67. The third-order valence-corrected chi connectivity index (χ3v) is 9.02. The largest absolute Gasteiger partial charge is 0.444 e. The number of nitrogens with zero attached hydrogens (tertiary/aromatic N) is 1. The third kappa shape index (κ3) is 4.85. The Labute approximate surface area is 137 Å². The van der Waals surface area contributed by atoms with E-state index in [1.54, 1.807) is 4.90 Å². The molecule has 0 aromatic heterocycles. The van der Waals surface area contributed by atoms with Gasteiger partial charge in [0.2, 0.25) is 0 Å². The number of rotatable bonds is 3. The first-order chi connectivity index (χ1) is 9.77. The Morgan fingerprint density at radius 3 is 2.14 bits per heavy atom. The summed E-state index contributed by atoms with van der Waals surface area (Å²) in [6, 6.07) is 0. The molecule has 128 valence electrons. The summed E-state index contributed by atoms with van der Waals surface area (Å²) in [5.74, 6) is 0.168. The number of hydrogen-bond acceptors (Lipinski definition) is 3. The summed E-state index contributed by atoms with van der Waals surface area (Å²) < 4.78 is 12.0. The van der Waals surface area contributed by atoms with Crippen LogP contribution >= 0.6 is 0 Å². The molecule has 0 aliphatic carbocycles.